The predicted molar refractivity (Wildman–Crippen MR) is 86.0 cm³/mol. The minimum atomic E-state index is 0.475. The number of hydrogen-bond acceptors (Lipinski definition) is 2. The molecule has 20 heavy (non-hydrogen) atoms. The summed E-state index contributed by atoms with van der Waals surface area (Å²) in [6, 6.07) is 16.0. The van der Waals surface area contributed by atoms with Crippen molar-refractivity contribution in [2.24, 2.45) is 5.92 Å². The number of piperidine rings is 1. The molecule has 2 aromatic rings. The monoisotopic (exact) mass is 268 g/mol. The van der Waals surface area contributed by atoms with Crippen molar-refractivity contribution in [3.05, 3.63) is 48.0 Å². The molecular formula is C18H24N2. The van der Waals surface area contributed by atoms with Crippen LogP contribution in [0.4, 0.5) is 0 Å². The summed E-state index contributed by atoms with van der Waals surface area (Å²) < 4.78 is 0. The van der Waals surface area contributed by atoms with Gasteiger partial charge in [0.15, 0.2) is 0 Å². The first kappa shape index (κ1) is 13.6. The van der Waals surface area contributed by atoms with Crippen LogP contribution in [0.1, 0.15) is 30.9 Å². The topological polar surface area (TPSA) is 24.1 Å². The first-order chi connectivity index (χ1) is 9.86. The van der Waals surface area contributed by atoms with E-state index in [1.807, 2.05) is 0 Å². The average molecular weight is 268 g/mol. The zero-order valence-corrected chi connectivity index (χ0v) is 12.2. The van der Waals surface area contributed by atoms with Gasteiger partial charge >= 0.3 is 0 Å². The van der Waals surface area contributed by atoms with Gasteiger partial charge in [0.25, 0.3) is 0 Å². The number of benzene rings is 2. The SMILES string of the molecule is CNC(CC1CCNCC1)c1ccc2ccccc2c1. The van der Waals surface area contributed by atoms with Gasteiger partial charge in [0, 0.05) is 6.04 Å². The molecule has 0 radical (unpaired) electrons. The molecule has 2 aromatic carbocycles. The standard InChI is InChI=1S/C18H24N2/c1-19-18(12-14-8-10-20-11-9-14)17-7-6-15-4-2-3-5-16(15)13-17/h2-7,13-14,18-20H,8-12H2,1H3. The lowest BCUT2D eigenvalue weighted by molar-refractivity contribution is 0.318. The molecule has 0 aromatic heterocycles. The van der Waals surface area contributed by atoms with Crippen LogP contribution in [0, 0.1) is 5.92 Å². The van der Waals surface area contributed by atoms with Crippen molar-refractivity contribution in [2.45, 2.75) is 25.3 Å². The van der Waals surface area contributed by atoms with Crippen LogP contribution in [-0.4, -0.2) is 20.1 Å². The Bertz CT molecular complexity index is 558. The minimum absolute atomic E-state index is 0.475. The van der Waals surface area contributed by atoms with Crippen molar-refractivity contribution >= 4 is 10.8 Å². The highest BCUT2D eigenvalue weighted by Crippen LogP contribution is 2.28. The maximum atomic E-state index is 3.51. The average Bonchev–Trinajstić information content (AvgIpc) is 2.53. The van der Waals surface area contributed by atoms with Crippen LogP contribution in [-0.2, 0) is 0 Å². The normalized spacial score (nSPS) is 18.2. The minimum Gasteiger partial charge on any atom is -0.317 e. The van der Waals surface area contributed by atoms with E-state index < -0.39 is 0 Å². The van der Waals surface area contributed by atoms with Gasteiger partial charge in [0.05, 0.1) is 0 Å². The van der Waals surface area contributed by atoms with Gasteiger partial charge in [-0.25, -0.2) is 0 Å². The third kappa shape index (κ3) is 3.02. The van der Waals surface area contributed by atoms with Gasteiger partial charge in [-0.1, -0.05) is 36.4 Å². The zero-order valence-electron chi connectivity index (χ0n) is 12.2. The second-order valence-electron chi connectivity index (χ2n) is 5.88. The summed E-state index contributed by atoms with van der Waals surface area (Å²) in [7, 11) is 2.08. The molecular weight excluding hydrogens is 244 g/mol. The fourth-order valence-corrected chi connectivity index (χ4v) is 3.30. The number of hydrogen-bond donors (Lipinski definition) is 2. The first-order valence-electron chi connectivity index (χ1n) is 7.73. The molecule has 2 N–H and O–H groups in total. The van der Waals surface area contributed by atoms with Gasteiger partial charge in [-0.3, -0.25) is 0 Å². The Morgan fingerprint density at radius 2 is 1.85 bits per heavy atom. The molecule has 1 heterocycles. The maximum Gasteiger partial charge on any atom is 0.0320 e. The Balaban J connectivity index is 1.79. The molecule has 1 fully saturated rings. The van der Waals surface area contributed by atoms with Crippen LogP contribution in [0.3, 0.4) is 0 Å². The Labute approximate surface area is 121 Å². The van der Waals surface area contributed by atoms with Crippen LogP contribution < -0.4 is 10.6 Å². The van der Waals surface area contributed by atoms with E-state index in [9.17, 15) is 0 Å². The van der Waals surface area contributed by atoms with E-state index in [2.05, 4.69) is 60.1 Å². The van der Waals surface area contributed by atoms with Crippen LogP contribution in [0.2, 0.25) is 0 Å². The number of rotatable bonds is 4. The molecule has 0 aliphatic carbocycles. The lowest BCUT2D eigenvalue weighted by Crippen LogP contribution is -2.30. The molecule has 3 rings (SSSR count). The molecule has 1 aliphatic rings. The Kier molecular flexibility index (Phi) is 4.34. The van der Waals surface area contributed by atoms with Gasteiger partial charge in [-0.15, -0.1) is 0 Å². The quantitative estimate of drug-likeness (QED) is 0.887. The molecule has 0 amide bonds. The van der Waals surface area contributed by atoms with E-state index in [0.29, 0.717) is 6.04 Å². The van der Waals surface area contributed by atoms with E-state index in [0.717, 1.165) is 5.92 Å². The highest BCUT2D eigenvalue weighted by molar-refractivity contribution is 5.83. The van der Waals surface area contributed by atoms with Gasteiger partial charge in [0.1, 0.15) is 0 Å². The van der Waals surface area contributed by atoms with E-state index in [1.54, 1.807) is 0 Å². The number of fused-ring (bicyclic) bond motifs is 1. The Morgan fingerprint density at radius 1 is 1.10 bits per heavy atom. The second-order valence-corrected chi connectivity index (χ2v) is 5.88. The zero-order chi connectivity index (χ0) is 13.8. The van der Waals surface area contributed by atoms with Crippen LogP contribution >= 0.6 is 0 Å². The Morgan fingerprint density at radius 3 is 2.60 bits per heavy atom. The van der Waals surface area contributed by atoms with E-state index >= 15 is 0 Å². The summed E-state index contributed by atoms with van der Waals surface area (Å²) in [4.78, 5) is 0. The molecule has 1 unspecified atom stereocenters. The van der Waals surface area contributed by atoms with E-state index in [4.69, 9.17) is 0 Å². The summed E-state index contributed by atoms with van der Waals surface area (Å²) in [5.74, 6) is 0.847. The molecule has 0 spiro atoms. The van der Waals surface area contributed by atoms with Gasteiger partial charge in [-0.05, 0) is 67.7 Å². The van der Waals surface area contributed by atoms with Crippen molar-refractivity contribution in [1.29, 1.82) is 0 Å². The molecule has 2 nitrogen and oxygen atoms in total. The van der Waals surface area contributed by atoms with Crippen molar-refractivity contribution in [2.75, 3.05) is 20.1 Å². The number of nitrogens with one attached hydrogen (secondary N) is 2. The highest BCUT2D eigenvalue weighted by Gasteiger charge is 2.19. The van der Waals surface area contributed by atoms with Gasteiger partial charge < -0.3 is 10.6 Å². The van der Waals surface area contributed by atoms with Crippen molar-refractivity contribution < 1.29 is 0 Å². The molecule has 0 saturated carbocycles. The fourth-order valence-electron chi connectivity index (χ4n) is 3.30. The summed E-state index contributed by atoms with van der Waals surface area (Å²) >= 11 is 0. The predicted octanol–water partition coefficient (Wildman–Crippen LogP) is 3.49. The third-order valence-electron chi connectivity index (χ3n) is 4.55. The summed E-state index contributed by atoms with van der Waals surface area (Å²) in [6.07, 6.45) is 3.87. The molecule has 106 valence electrons. The van der Waals surface area contributed by atoms with E-state index in [1.165, 1.54) is 48.7 Å². The largest absolute Gasteiger partial charge is 0.317 e. The Hall–Kier alpha value is -1.38. The lowest BCUT2D eigenvalue weighted by Gasteiger charge is -2.27. The first-order valence-corrected chi connectivity index (χ1v) is 7.73. The third-order valence-corrected chi connectivity index (χ3v) is 4.55. The van der Waals surface area contributed by atoms with Gasteiger partial charge in [0.2, 0.25) is 0 Å². The maximum absolute atomic E-state index is 3.51. The van der Waals surface area contributed by atoms with Gasteiger partial charge in [-0.2, -0.15) is 0 Å². The van der Waals surface area contributed by atoms with Crippen molar-refractivity contribution in [3.8, 4) is 0 Å². The van der Waals surface area contributed by atoms with Crippen LogP contribution in [0.15, 0.2) is 42.5 Å². The lowest BCUT2D eigenvalue weighted by atomic mass is 9.88. The molecule has 2 heteroatoms. The molecule has 1 aliphatic heterocycles. The fraction of sp³-hybridized carbons (Fsp3) is 0.444. The second kappa shape index (κ2) is 6.38. The van der Waals surface area contributed by atoms with Crippen LogP contribution in [0.5, 0.6) is 0 Å². The summed E-state index contributed by atoms with van der Waals surface area (Å²) in [6.45, 7) is 2.36. The van der Waals surface area contributed by atoms with E-state index in [-0.39, 0.29) is 0 Å². The van der Waals surface area contributed by atoms with Crippen LogP contribution in [0.25, 0.3) is 10.8 Å². The molecule has 1 atom stereocenters. The smallest absolute Gasteiger partial charge is 0.0320 e. The molecule has 1 saturated heterocycles. The summed E-state index contributed by atoms with van der Waals surface area (Å²) in [5.41, 5.74) is 1.42. The van der Waals surface area contributed by atoms with Crippen molar-refractivity contribution in [3.63, 3.8) is 0 Å². The summed E-state index contributed by atoms with van der Waals surface area (Å²) in [5, 5.41) is 9.63. The molecule has 0 bridgehead atoms. The van der Waals surface area contributed by atoms with Crippen molar-refractivity contribution in [1.82, 2.24) is 10.6 Å². The highest BCUT2D eigenvalue weighted by atomic mass is 14.9.